The summed E-state index contributed by atoms with van der Waals surface area (Å²) in [5.74, 6) is -1.76. The minimum Gasteiger partial charge on any atom is -0.328 e. The number of Topliss-reactive ketones (excluding diaryl/α,β-unsaturated/α-hetero) is 1. The summed E-state index contributed by atoms with van der Waals surface area (Å²) in [5.41, 5.74) is 1.32. The van der Waals surface area contributed by atoms with Crippen LogP contribution < -0.4 is 0 Å². The van der Waals surface area contributed by atoms with Crippen molar-refractivity contribution in [1.29, 1.82) is 0 Å². The predicted octanol–water partition coefficient (Wildman–Crippen LogP) is 2.38. The molecular weight excluding hydrogens is 245 g/mol. The molecule has 100 valence electrons. The van der Waals surface area contributed by atoms with Gasteiger partial charge in [-0.25, -0.2) is 0 Å². The first-order valence-electron chi connectivity index (χ1n) is 5.72. The van der Waals surface area contributed by atoms with E-state index in [1.54, 1.807) is 6.92 Å². The average molecular weight is 260 g/mol. The molecule has 0 N–H and O–H groups in total. The first-order valence-corrected chi connectivity index (χ1v) is 5.72. The maximum absolute atomic E-state index is 12.5. The van der Waals surface area contributed by atoms with Crippen molar-refractivity contribution in [1.82, 2.24) is 9.47 Å². The van der Waals surface area contributed by atoms with E-state index in [9.17, 15) is 18.0 Å². The van der Waals surface area contributed by atoms with Crippen LogP contribution in [0, 0.1) is 6.92 Å². The van der Waals surface area contributed by atoms with E-state index in [-0.39, 0.29) is 11.7 Å². The zero-order chi connectivity index (χ0) is 13.7. The molecule has 0 aliphatic carbocycles. The number of alkyl halides is 3. The SMILES string of the molecule is Cc1cc(C(=O)C(F)(F)F)n2c1CC(C)N(C)C2. The Morgan fingerprint density at radius 1 is 1.44 bits per heavy atom. The van der Waals surface area contributed by atoms with Crippen LogP contribution in [-0.2, 0) is 13.1 Å². The third-order valence-corrected chi connectivity index (χ3v) is 3.52. The number of halogens is 3. The molecule has 2 rings (SSSR count). The fourth-order valence-electron chi connectivity index (χ4n) is 2.29. The number of likely N-dealkylation sites (N-methyl/N-ethyl adjacent to an activating group) is 1. The Morgan fingerprint density at radius 2 is 2.06 bits per heavy atom. The summed E-state index contributed by atoms with van der Waals surface area (Å²) in [6.07, 6.45) is -4.16. The molecule has 1 aromatic rings. The number of hydrogen-bond acceptors (Lipinski definition) is 2. The lowest BCUT2D eigenvalue weighted by Crippen LogP contribution is -2.40. The van der Waals surface area contributed by atoms with E-state index >= 15 is 0 Å². The number of rotatable bonds is 1. The fraction of sp³-hybridized carbons (Fsp3) is 0.583. The van der Waals surface area contributed by atoms with Gasteiger partial charge < -0.3 is 4.57 Å². The normalized spacial score (nSPS) is 20.9. The smallest absolute Gasteiger partial charge is 0.328 e. The summed E-state index contributed by atoms with van der Waals surface area (Å²) < 4.78 is 39.0. The van der Waals surface area contributed by atoms with Crippen molar-refractivity contribution in [3.8, 4) is 0 Å². The number of hydrogen-bond donors (Lipinski definition) is 0. The zero-order valence-electron chi connectivity index (χ0n) is 10.5. The van der Waals surface area contributed by atoms with Gasteiger partial charge in [0.15, 0.2) is 0 Å². The maximum Gasteiger partial charge on any atom is 0.456 e. The second-order valence-electron chi connectivity index (χ2n) is 4.87. The third kappa shape index (κ3) is 2.05. The summed E-state index contributed by atoms with van der Waals surface area (Å²) in [4.78, 5) is 13.3. The van der Waals surface area contributed by atoms with Gasteiger partial charge in [-0.15, -0.1) is 0 Å². The van der Waals surface area contributed by atoms with Crippen molar-refractivity contribution in [3.63, 3.8) is 0 Å². The molecule has 2 heterocycles. The van der Waals surface area contributed by atoms with Crippen LogP contribution >= 0.6 is 0 Å². The largest absolute Gasteiger partial charge is 0.456 e. The topological polar surface area (TPSA) is 25.2 Å². The van der Waals surface area contributed by atoms with Crippen LogP contribution in [0.4, 0.5) is 13.2 Å². The molecule has 0 aromatic carbocycles. The number of carbonyl (C=O) groups is 1. The van der Waals surface area contributed by atoms with Crippen LogP contribution in [0.25, 0.3) is 0 Å². The Balaban J connectivity index is 2.47. The Bertz CT molecular complexity index is 490. The quantitative estimate of drug-likeness (QED) is 0.724. The van der Waals surface area contributed by atoms with E-state index < -0.39 is 12.0 Å². The lowest BCUT2D eigenvalue weighted by Gasteiger charge is -2.32. The van der Waals surface area contributed by atoms with E-state index in [0.29, 0.717) is 13.1 Å². The number of aromatic nitrogens is 1. The molecule has 0 spiro atoms. The monoisotopic (exact) mass is 260 g/mol. The van der Waals surface area contributed by atoms with Gasteiger partial charge >= 0.3 is 6.18 Å². The highest BCUT2D eigenvalue weighted by Gasteiger charge is 2.42. The molecule has 1 aliphatic rings. The molecule has 3 nitrogen and oxygen atoms in total. The second-order valence-corrected chi connectivity index (χ2v) is 4.87. The van der Waals surface area contributed by atoms with Crippen LogP contribution in [0.1, 0.15) is 28.7 Å². The van der Waals surface area contributed by atoms with Gasteiger partial charge in [-0.2, -0.15) is 13.2 Å². The number of aryl methyl sites for hydroxylation is 1. The van der Waals surface area contributed by atoms with E-state index in [2.05, 4.69) is 0 Å². The van der Waals surface area contributed by atoms with Crippen molar-refractivity contribution in [2.75, 3.05) is 7.05 Å². The van der Waals surface area contributed by atoms with Gasteiger partial charge in [-0.3, -0.25) is 9.69 Å². The van der Waals surface area contributed by atoms with Gasteiger partial charge in [0.05, 0.1) is 12.4 Å². The number of ketones is 1. The zero-order valence-corrected chi connectivity index (χ0v) is 10.5. The number of fused-ring (bicyclic) bond motifs is 1. The molecule has 0 amide bonds. The standard InChI is InChI=1S/C12H15F3N2O/c1-7-4-10(11(18)12(13,14)15)17-6-16(3)8(2)5-9(7)17/h4,8H,5-6H2,1-3H3. The third-order valence-electron chi connectivity index (χ3n) is 3.52. The first kappa shape index (κ1) is 13.1. The summed E-state index contributed by atoms with van der Waals surface area (Å²) in [6.45, 7) is 4.08. The Morgan fingerprint density at radius 3 is 2.61 bits per heavy atom. The molecule has 0 saturated carbocycles. The van der Waals surface area contributed by atoms with Crippen molar-refractivity contribution < 1.29 is 18.0 Å². The molecule has 1 unspecified atom stereocenters. The van der Waals surface area contributed by atoms with Gasteiger partial charge in [0.25, 0.3) is 5.78 Å². The summed E-state index contributed by atoms with van der Waals surface area (Å²) in [7, 11) is 1.84. The van der Waals surface area contributed by atoms with E-state index in [4.69, 9.17) is 0 Å². The molecule has 0 radical (unpaired) electrons. The molecule has 1 aromatic heterocycles. The molecule has 1 atom stereocenters. The van der Waals surface area contributed by atoms with Gasteiger partial charge in [0, 0.05) is 18.2 Å². The number of carbonyl (C=O) groups excluding carboxylic acids is 1. The van der Waals surface area contributed by atoms with Crippen LogP contribution in [-0.4, -0.2) is 34.5 Å². The molecule has 18 heavy (non-hydrogen) atoms. The van der Waals surface area contributed by atoms with E-state index in [0.717, 1.165) is 11.3 Å². The summed E-state index contributed by atoms with van der Waals surface area (Å²) in [5, 5.41) is 0. The molecular formula is C12H15F3N2O. The maximum atomic E-state index is 12.5. The highest BCUT2D eigenvalue weighted by atomic mass is 19.4. The summed E-state index contributed by atoms with van der Waals surface area (Å²) >= 11 is 0. The van der Waals surface area contributed by atoms with Gasteiger partial charge in [0.1, 0.15) is 0 Å². The fourth-order valence-corrected chi connectivity index (χ4v) is 2.29. The van der Waals surface area contributed by atoms with E-state index in [1.807, 2.05) is 18.9 Å². The average Bonchev–Trinajstić information content (AvgIpc) is 2.55. The van der Waals surface area contributed by atoms with Crippen molar-refractivity contribution in [2.45, 2.75) is 39.2 Å². The van der Waals surface area contributed by atoms with Crippen LogP contribution in [0.3, 0.4) is 0 Å². The van der Waals surface area contributed by atoms with Gasteiger partial charge in [0.2, 0.25) is 0 Å². The lowest BCUT2D eigenvalue weighted by atomic mass is 10.1. The van der Waals surface area contributed by atoms with Crippen molar-refractivity contribution >= 4 is 5.78 Å². The van der Waals surface area contributed by atoms with E-state index in [1.165, 1.54) is 10.6 Å². The van der Waals surface area contributed by atoms with Crippen LogP contribution in [0.15, 0.2) is 6.07 Å². The first-order chi connectivity index (χ1) is 8.21. The highest BCUT2D eigenvalue weighted by molar-refractivity contribution is 5.99. The molecule has 0 saturated heterocycles. The summed E-state index contributed by atoms with van der Waals surface area (Å²) in [6, 6.07) is 1.61. The van der Waals surface area contributed by atoms with Crippen molar-refractivity contribution in [3.05, 3.63) is 23.0 Å². The van der Waals surface area contributed by atoms with Gasteiger partial charge in [-0.1, -0.05) is 0 Å². The minimum absolute atomic E-state index is 0.256. The Labute approximate surface area is 103 Å². The van der Waals surface area contributed by atoms with Crippen LogP contribution in [0.2, 0.25) is 0 Å². The van der Waals surface area contributed by atoms with Crippen molar-refractivity contribution in [2.24, 2.45) is 0 Å². The Kier molecular flexibility index (Phi) is 3.01. The molecule has 1 aliphatic heterocycles. The molecule has 0 fully saturated rings. The molecule has 6 heteroatoms. The Hall–Kier alpha value is -1.30. The predicted molar refractivity (Wildman–Crippen MR) is 60.5 cm³/mol. The molecule has 0 bridgehead atoms. The second kappa shape index (κ2) is 4.12. The highest BCUT2D eigenvalue weighted by Crippen LogP contribution is 2.28. The van der Waals surface area contributed by atoms with Gasteiger partial charge in [-0.05, 0) is 32.5 Å². The lowest BCUT2D eigenvalue weighted by molar-refractivity contribution is -0.0892. The minimum atomic E-state index is -4.82. The van der Waals surface area contributed by atoms with Crippen LogP contribution in [0.5, 0.6) is 0 Å². The number of nitrogens with zero attached hydrogens (tertiary/aromatic N) is 2.